The highest BCUT2D eigenvalue weighted by Crippen LogP contribution is 2.38. The summed E-state index contributed by atoms with van der Waals surface area (Å²) in [7, 11) is 1.66. The Bertz CT molecular complexity index is 378. The van der Waals surface area contributed by atoms with Crippen LogP contribution in [0.1, 0.15) is 0 Å². The zero-order valence-electron chi connectivity index (χ0n) is 9.20. The van der Waals surface area contributed by atoms with Crippen molar-refractivity contribution in [1.82, 2.24) is 0 Å². The molecule has 1 fully saturated rings. The standard InChI is InChI=1S/C11H15BrN2O2/c1-15-10-7-8(13)6-9(12)11(10)14-2-4-16-5-3-14/h6-7H,2-5,13H2,1H3. The molecule has 0 spiro atoms. The Labute approximate surface area is 103 Å². The second-order valence-corrected chi connectivity index (χ2v) is 4.51. The summed E-state index contributed by atoms with van der Waals surface area (Å²) >= 11 is 3.53. The quantitative estimate of drug-likeness (QED) is 0.844. The van der Waals surface area contributed by atoms with Crippen LogP contribution >= 0.6 is 15.9 Å². The van der Waals surface area contributed by atoms with Gasteiger partial charge in [-0.2, -0.15) is 0 Å². The molecule has 2 N–H and O–H groups in total. The van der Waals surface area contributed by atoms with Crippen LogP contribution in [0.25, 0.3) is 0 Å². The summed E-state index contributed by atoms with van der Waals surface area (Å²) in [5, 5.41) is 0. The van der Waals surface area contributed by atoms with Gasteiger partial charge in [0, 0.05) is 29.3 Å². The number of anilines is 2. The van der Waals surface area contributed by atoms with Gasteiger partial charge in [-0.3, -0.25) is 0 Å². The number of hydrogen-bond donors (Lipinski definition) is 1. The molecule has 0 saturated carbocycles. The third-order valence-electron chi connectivity index (χ3n) is 2.60. The molecule has 1 heterocycles. The lowest BCUT2D eigenvalue weighted by Gasteiger charge is -2.31. The van der Waals surface area contributed by atoms with Crippen molar-refractivity contribution >= 4 is 27.3 Å². The van der Waals surface area contributed by atoms with Crippen molar-refractivity contribution in [3.05, 3.63) is 16.6 Å². The van der Waals surface area contributed by atoms with Crippen LogP contribution in [0.15, 0.2) is 16.6 Å². The molecule has 0 radical (unpaired) electrons. The molecule has 1 aromatic carbocycles. The molecule has 0 atom stereocenters. The fourth-order valence-corrected chi connectivity index (χ4v) is 2.55. The molecule has 1 saturated heterocycles. The first-order valence-electron chi connectivity index (χ1n) is 5.18. The van der Waals surface area contributed by atoms with Crippen molar-refractivity contribution in [2.24, 2.45) is 0 Å². The van der Waals surface area contributed by atoms with E-state index in [1.807, 2.05) is 12.1 Å². The predicted molar refractivity (Wildman–Crippen MR) is 68.1 cm³/mol. The SMILES string of the molecule is COc1cc(N)cc(Br)c1N1CCOCC1. The lowest BCUT2D eigenvalue weighted by molar-refractivity contribution is 0.122. The summed E-state index contributed by atoms with van der Waals surface area (Å²) in [6, 6.07) is 3.74. The van der Waals surface area contributed by atoms with Crippen molar-refractivity contribution in [2.75, 3.05) is 44.0 Å². The minimum absolute atomic E-state index is 0.695. The number of halogens is 1. The van der Waals surface area contributed by atoms with E-state index in [0.717, 1.165) is 42.2 Å². The number of nitrogens with two attached hydrogens (primary N) is 1. The molecule has 16 heavy (non-hydrogen) atoms. The second kappa shape index (κ2) is 4.93. The van der Waals surface area contributed by atoms with Crippen molar-refractivity contribution in [1.29, 1.82) is 0 Å². The van der Waals surface area contributed by atoms with E-state index in [9.17, 15) is 0 Å². The summed E-state index contributed by atoms with van der Waals surface area (Å²) in [6.07, 6.45) is 0. The average Bonchev–Trinajstić information content (AvgIpc) is 2.29. The number of ether oxygens (including phenoxy) is 2. The fraction of sp³-hybridized carbons (Fsp3) is 0.455. The highest BCUT2D eigenvalue weighted by Gasteiger charge is 2.18. The molecule has 0 bridgehead atoms. The molecule has 1 aliphatic rings. The Kier molecular flexibility index (Phi) is 3.56. The Morgan fingerprint density at radius 2 is 2.06 bits per heavy atom. The average molecular weight is 287 g/mol. The van der Waals surface area contributed by atoms with Gasteiger partial charge in [0.15, 0.2) is 0 Å². The van der Waals surface area contributed by atoms with Gasteiger partial charge >= 0.3 is 0 Å². The van der Waals surface area contributed by atoms with Gasteiger partial charge in [0.05, 0.1) is 26.0 Å². The zero-order valence-corrected chi connectivity index (χ0v) is 10.8. The third kappa shape index (κ3) is 2.25. The van der Waals surface area contributed by atoms with Gasteiger partial charge in [-0.15, -0.1) is 0 Å². The van der Waals surface area contributed by atoms with E-state index in [4.69, 9.17) is 15.2 Å². The number of nitrogen functional groups attached to an aromatic ring is 1. The zero-order chi connectivity index (χ0) is 11.5. The first-order valence-corrected chi connectivity index (χ1v) is 5.97. The summed E-state index contributed by atoms with van der Waals surface area (Å²) in [6.45, 7) is 3.25. The summed E-state index contributed by atoms with van der Waals surface area (Å²) < 4.78 is 11.7. The molecule has 88 valence electrons. The molecule has 1 aromatic rings. The van der Waals surface area contributed by atoms with Gasteiger partial charge in [-0.1, -0.05) is 0 Å². The van der Waals surface area contributed by atoms with Gasteiger partial charge in [0.25, 0.3) is 0 Å². The van der Waals surface area contributed by atoms with Crippen LogP contribution in [0, 0.1) is 0 Å². The van der Waals surface area contributed by atoms with Crippen LogP contribution in [0.4, 0.5) is 11.4 Å². The van der Waals surface area contributed by atoms with Crippen LogP contribution in [-0.4, -0.2) is 33.4 Å². The van der Waals surface area contributed by atoms with E-state index in [1.54, 1.807) is 7.11 Å². The summed E-state index contributed by atoms with van der Waals surface area (Å²) in [5.74, 6) is 0.800. The van der Waals surface area contributed by atoms with E-state index in [1.165, 1.54) is 0 Å². The molecule has 0 aliphatic carbocycles. The van der Waals surface area contributed by atoms with Gasteiger partial charge in [0.2, 0.25) is 0 Å². The van der Waals surface area contributed by atoms with Crippen LogP contribution < -0.4 is 15.4 Å². The monoisotopic (exact) mass is 286 g/mol. The molecule has 0 unspecified atom stereocenters. The van der Waals surface area contributed by atoms with Crippen LogP contribution in [-0.2, 0) is 4.74 Å². The minimum Gasteiger partial charge on any atom is -0.494 e. The molecule has 1 aliphatic heterocycles. The van der Waals surface area contributed by atoms with Crippen LogP contribution in [0.5, 0.6) is 5.75 Å². The largest absolute Gasteiger partial charge is 0.494 e. The Hall–Kier alpha value is -0.940. The number of benzene rings is 1. The molecular weight excluding hydrogens is 272 g/mol. The number of morpholine rings is 1. The lowest BCUT2D eigenvalue weighted by atomic mass is 10.2. The van der Waals surface area contributed by atoms with Gasteiger partial charge in [-0.05, 0) is 22.0 Å². The first-order chi connectivity index (χ1) is 7.72. The van der Waals surface area contributed by atoms with E-state index in [0.29, 0.717) is 5.69 Å². The van der Waals surface area contributed by atoms with E-state index >= 15 is 0 Å². The normalized spacial score (nSPS) is 16.2. The van der Waals surface area contributed by atoms with Crippen molar-refractivity contribution in [3.8, 4) is 5.75 Å². The maximum absolute atomic E-state index is 5.78. The second-order valence-electron chi connectivity index (χ2n) is 3.65. The van der Waals surface area contributed by atoms with Crippen LogP contribution in [0.3, 0.4) is 0 Å². The van der Waals surface area contributed by atoms with Crippen LogP contribution in [0.2, 0.25) is 0 Å². The topological polar surface area (TPSA) is 47.7 Å². The molecule has 5 heteroatoms. The van der Waals surface area contributed by atoms with Crippen molar-refractivity contribution in [3.63, 3.8) is 0 Å². The molecule has 0 aromatic heterocycles. The number of nitrogens with zero attached hydrogens (tertiary/aromatic N) is 1. The Balaban J connectivity index is 2.37. The molecule has 0 amide bonds. The molecule has 2 rings (SSSR count). The van der Waals surface area contributed by atoms with Crippen molar-refractivity contribution in [2.45, 2.75) is 0 Å². The smallest absolute Gasteiger partial charge is 0.145 e. The van der Waals surface area contributed by atoms with Gasteiger partial charge in [0.1, 0.15) is 5.75 Å². The Morgan fingerprint density at radius 3 is 2.69 bits per heavy atom. The summed E-state index contributed by atoms with van der Waals surface area (Å²) in [4.78, 5) is 2.24. The molecule has 4 nitrogen and oxygen atoms in total. The maximum atomic E-state index is 5.78. The van der Waals surface area contributed by atoms with E-state index < -0.39 is 0 Å². The van der Waals surface area contributed by atoms with E-state index in [2.05, 4.69) is 20.8 Å². The predicted octanol–water partition coefficient (Wildman–Crippen LogP) is 1.88. The maximum Gasteiger partial charge on any atom is 0.145 e. The fourth-order valence-electron chi connectivity index (χ4n) is 1.84. The van der Waals surface area contributed by atoms with Gasteiger partial charge < -0.3 is 20.1 Å². The number of rotatable bonds is 2. The van der Waals surface area contributed by atoms with Crippen molar-refractivity contribution < 1.29 is 9.47 Å². The lowest BCUT2D eigenvalue weighted by Crippen LogP contribution is -2.36. The minimum atomic E-state index is 0.695. The van der Waals surface area contributed by atoms with Gasteiger partial charge in [-0.25, -0.2) is 0 Å². The Morgan fingerprint density at radius 1 is 1.38 bits per heavy atom. The number of methoxy groups -OCH3 is 1. The third-order valence-corrected chi connectivity index (χ3v) is 3.20. The van der Waals surface area contributed by atoms with E-state index in [-0.39, 0.29) is 0 Å². The first kappa shape index (κ1) is 11.5. The highest BCUT2D eigenvalue weighted by atomic mass is 79.9. The summed E-state index contributed by atoms with van der Waals surface area (Å²) in [5.41, 5.74) is 7.53. The number of hydrogen-bond acceptors (Lipinski definition) is 4. The molecular formula is C11H15BrN2O2. The highest BCUT2D eigenvalue weighted by molar-refractivity contribution is 9.10.